The summed E-state index contributed by atoms with van der Waals surface area (Å²) in [5, 5.41) is 0. The van der Waals surface area contributed by atoms with Crippen LogP contribution in [0, 0.1) is 23.7 Å². The first-order valence-electron chi connectivity index (χ1n) is 5.90. The van der Waals surface area contributed by atoms with Crippen molar-refractivity contribution in [3.8, 4) is 0 Å². The normalized spacial score (nSPS) is 49.1. The van der Waals surface area contributed by atoms with E-state index < -0.39 is 0 Å². The van der Waals surface area contributed by atoms with Gasteiger partial charge < -0.3 is 0 Å². The molecule has 1 heteroatoms. The summed E-state index contributed by atoms with van der Waals surface area (Å²) in [5.74, 6) is 3.28. The summed E-state index contributed by atoms with van der Waals surface area (Å²) in [5.41, 5.74) is 0. The van der Waals surface area contributed by atoms with Gasteiger partial charge in [0.25, 0.3) is 0 Å². The fourth-order valence-electron chi connectivity index (χ4n) is 3.55. The Morgan fingerprint density at radius 1 is 0.846 bits per heavy atom. The molecule has 0 amide bonds. The van der Waals surface area contributed by atoms with Gasteiger partial charge >= 0.3 is 0 Å². The molecule has 0 saturated heterocycles. The maximum atomic E-state index is 12.0. The number of rotatable bonds is 0. The molecular formula is C12H18O. The summed E-state index contributed by atoms with van der Waals surface area (Å²) in [6.07, 6.45) is 9.20. The zero-order valence-electron chi connectivity index (χ0n) is 8.17. The van der Waals surface area contributed by atoms with Crippen molar-refractivity contribution in [2.24, 2.45) is 23.7 Å². The first-order chi connectivity index (χ1) is 6.36. The van der Waals surface area contributed by atoms with Gasteiger partial charge in [0.05, 0.1) is 0 Å². The minimum absolute atomic E-state index is 0.492. The lowest BCUT2D eigenvalue weighted by molar-refractivity contribution is -0.126. The molecule has 3 aliphatic carbocycles. The van der Waals surface area contributed by atoms with Crippen LogP contribution >= 0.6 is 0 Å². The maximum Gasteiger partial charge on any atom is 0.139 e. The van der Waals surface area contributed by atoms with Crippen molar-refractivity contribution in [2.75, 3.05) is 0 Å². The molecule has 3 rings (SSSR count). The lowest BCUT2D eigenvalue weighted by Gasteiger charge is -2.29. The number of ketones is 1. The van der Waals surface area contributed by atoms with Gasteiger partial charge in [0, 0.05) is 11.8 Å². The van der Waals surface area contributed by atoms with E-state index in [1.54, 1.807) is 0 Å². The average molecular weight is 178 g/mol. The van der Waals surface area contributed by atoms with Gasteiger partial charge in [0.2, 0.25) is 0 Å². The van der Waals surface area contributed by atoms with Crippen molar-refractivity contribution < 1.29 is 4.79 Å². The predicted octanol–water partition coefficient (Wildman–Crippen LogP) is 2.79. The molecular weight excluding hydrogens is 160 g/mol. The predicted molar refractivity (Wildman–Crippen MR) is 51.3 cm³/mol. The summed E-state index contributed by atoms with van der Waals surface area (Å²) >= 11 is 0. The first kappa shape index (κ1) is 8.02. The van der Waals surface area contributed by atoms with Crippen molar-refractivity contribution in [2.45, 2.75) is 44.9 Å². The molecule has 72 valence electrons. The minimum Gasteiger partial charge on any atom is -0.299 e. The number of fused-ring (bicyclic) bond motifs is 2. The van der Waals surface area contributed by atoms with Gasteiger partial charge in [-0.05, 0) is 43.9 Å². The molecule has 0 aromatic carbocycles. The van der Waals surface area contributed by atoms with Crippen molar-refractivity contribution in [1.29, 1.82) is 0 Å². The third kappa shape index (κ3) is 1.24. The van der Waals surface area contributed by atoms with Crippen LogP contribution in [0.2, 0.25) is 0 Å². The van der Waals surface area contributed by atoms with Crippen LogP contribution in [0.5, 0.6) is 0 Å². The van der Waals surface area contributed by atoms with Crippen LogP contribution in [-0.2, 0) is 4.79 Å². The highest BCUT2D eigenvalue weighted by Gasteiger charge is 2.49. The molecule has 3 fully saturated rings. The van der Waals surface area contributed by atoms with E-state index in [0.717, 1.165) is 11.8 Å². The second kappa shape index (κ2) is 2.83. The van der Waals surface area contributed by atoms with Gasteiger partial charge in [-0.1, -0.05) is 12.8 Å². The molecule has 0 aromatic heterocycles. The van der Waals surface area contributed by atoms with Crippen molar-refractivity contribution >= 4 is 5.78 Å². The molecule has 0 spiro atoms. The summed E-state index contributed by atoms with van der Waals surface area (Å²) in [4.78, 5) is 12.0. The quantitative estimate of drug-likeness (QED) is 0.557. The van der Waals surface area contributed by atoms with E-state index in [2.05, 4.69) is 0 Å². The lowest BCUT2D eigenvalue weighted by atomic mass is 9.75. The Morgan fingerprint density at radius 3 is 2.54 bits per heavy atom. The molecule has 0 aromatic rings. The van der Waals surface area contributed by atoms with Crippen molar-refractivity contribution in [3.63, 3.8) is 0 Å². The fourth-order valence-corrected chi connectivity index (χ4v) is 3.55. The number of carbonyl (C=O) groups is 1. The zero-order valence-corrected chi connectivity index (χ0v) is 8.17. The molecule has 0 heterocycles. The molecule has 0 radical (unpaired) electrons. The minimum atomic E-state index is 0.492. The molecule has 0 N–H and O–H groups in total. The van der Waals surface area contributed by atoms with Crippen molar-refractivity contribution in [1.82, 2.24) is 0 Å². The van der Waals surface area contributed by atoms with Crippen LogP contribution in [0.3, 0.4) is 0 Å². The molecule has 3 saturated carbocycles. The number of hydrogen-bond donors (Lipinski definition) is 0. The first-order valence-corrected chi connectivity index (χ1v) is 5.90. The summed E-state index contributed by atoms with van der Waals surface area (Å²) in [6, 6.07) is 0. The highest BCUT2D eigenvalue weighted by molar-refractivity contribution is 5.86. The Morgan fingerprint density at radius 2 is 1.62 bits per heavy atom. The molecule has 0 bridgehead atoms. The van der Waals surface area contributed by atoms with E-state index in [0.29, 0.717) is 17.6 Å². The van der Waals surface area contributed by atoms with Crippen LogP contribution in [0.15, 0.2) is 0 Å². The van der Waals surface area contributed by atoms with Crippen LogP contribution in [0.25, 0.3) is 0 Å². The average Bonchev–Trinajstić information content (AvgIpc) is 2.92. The molecule has 4 atom stereocenters. The number of hydrogen-bond acceptors (Lipinski definition) is 1. The van der Waals surface area contributed by atoms with Crippen molar-refractivity contribution in [3.05, 3.63) is 0 Å². The van der Waals surface area contributed by atoms with Crippen LogP contribution in [0.1, 0.15) is 44.9 Å². The topological polar surface area (TPSA) is 17.1 Å². The third-order valence-electron chi connectivity index (χ3n) is 4.47. The largest absolute Gasteiger partial charge is 0.299 e. The molecule has 0 unspecified atom stereocenters. The summed E-state index contributed by atoms with van der Waals surface area (Å²) in [7, 11) is 0. The highest BCUT2D eigenvalue weighted by Crippen LogP contribution is 2.51. The Hall–Kier alpha value is -0.330. The smallest absolute Gasteiger partial charge is 0.139 e. The Balaban J connectivity index is 1.81. The Labute approximate surface area is 79.9 Å². The van der Waals surface area contributed by atoms with E-state index in [1.807, 2.05) is 0 Å². The Kier molecular flexibility index (Phi) is 1.75. The maximum absolute atomic E-state index is 12.0. The van der Waals surface area contributed by atoms with Gasteiger partial charge in [-0.3, -0.25) is 4.79 Å². The molecule has 1 nitrogen and oxygen atoms in total. The van der Waals surface area contributed by atoms with Crippen LogP contribution < -0.4 is 0 Å². The zero-order chi connectivity index (χ0) is 8.84. The van der Waals surface area contributed by atoms with E-state index in [4.69, 9.17) is 0 Å². The third-order valence-corrected chi connectivity index (χ3v) is 4.47. The van der Waals surface area contributed by atoms with Gasteiger partial charge in [-0.15, -0.1) is 0 Å². The van der Waals surface area contributed by atoms with Gasteiger partial charge in [0.15, 0.2) is 0 Å². The highest BCUT2D eigenvalue weighted by atomic mass is 16.1. The molecule has 0 aliphatic heterocycles. The number of carbonyl (C=O) groups excluding carboxylic acids is 1. The number of Topliss-reactive ketones (excluding diaryl/α,β-unsaturated/α-hetero) is 1. The standard InChI is InChI=1S/C12H18O/c13-12-10-4-2-1-3-8(10)5-6-9-7-11(9)12/h8-11H,1-7H2/t8-,9-,10+,11+/m1/s1. The SMILES string of the molecule is O=C1[C@H]2CCCC[C@@H]2CC[C@@H]2C[C@H]12. The Bertz CT molecular complexity index is 233. The van der Waals surface area contributed by atoms with E-state index in [1.165, 1.54) is 44.9 Å². The molecule has 13 heavy (non-hydrogen) atoms. The fraction of sp³-hybridized carbons (Fsp3) is 0.917. The van der Waals surface area contributed by atoms with E-state index in [-0.39, 0.29) is 0 Å². The monoisotopic (exact) mass is 178 g/mol. The van der Waals surface area contributed by atoms with Gasteiger partial charge in [0.1, 0.15) is 5.78 Å². The van der Waals surface area contributed by atoms with Crippen LogP contribution in [0.4, 0.5) is 0 Å². The van der Waals surface area contributed by atoms with E-state index >= 15 is 0 Å². The summed E-state index contributed by atoms with van der Waals surface area (Å²) in [6.45, 7) is 0. The lowest BCUT2D eigenvalue weighted by Crippen LogP contribution is -2.27. The van der Waals surface area contributed by atoms with E-state index in [9.17, 15) is 4.79 Å². The second-order valence-electron chi connectivity index (χ2n) is 5.23. The second-order valence-corrected chi connectivity index (χ2v) is 5.23. The van der Waals surface area contributed by atoms with Crippen LogP contribution in [-0.4, -0.2) is 5.78 Å². The summed E-state index contributed by atoms with van der Waals surface area (Å²) < 4.78 is 0. The van der Waals surface area contributed by atoms with Gasteiger partial charge in [-0.25, -0.2) is 0 Å². The van der Waals surface area contributed by atoms with Gasteiger partial charge in [-0.2, -0.15) is 0 Å². The molecule has 3 aliphatic rings.